The Hall–Kier alpha value is -1.58. The molecule has 1 aliphatic carbocycles. The fourth-order valence-corrected chi connectivity index (χ4v) is 3.11. The van der Waals surface area contributed by atoms with Crippen molar-refractivity contribution < 1.29 is 4.79 Å². The first kappa shape index (κ1) is 16.8. The number of carbonyl (C=O) groups excluding carboxylic acids is 1. The molecule has 0 saturated carbocycles. The standard InChI is InChI=1S/C18H22N2O.ClH/c1-2-10-19-11-12-20-18(21)16-9-8-14-7-6-13-4-3-5-15(16)17(13)14;/h3-5,8-9,19H,2,6-7,10-12H2,1H3,(H,20,21);1H. The maximum Gasteiger partial charge on any atom is 0.251 e. The lowest BCUT2D eigenvalue weighted by Crippen LogP contribution is -2.32. The molecule has 4 heteroatoms. The zero-order valence-electron chi connectivity index (χ0n) is 12.9. The molecule has 0 bridgehead atoms. The van der Waals surface area contributed by atoms with Gasteiger partial charge < -0.3 is 10.6 Å². The van der Waals surface area contributed by atoms with Crippen LogP contribution in [0.2, 0.25) is 0 Å². The topological polar surface area (TPSA) is 41.1 Å². The lowest BCUT2D eigenvalue weighted by atomic mass is 9.99. The summed E-state index contributed by atoms with van der Waals surface area (Å²) in [7, 11) is 0. The maximum atomic E-state index is 12.4. The molecule has 2 aromatic carbocycles. The van der Waals surface area contributed by atoms with E-state index < -0.39 is 0 Å². The van der Waals surface area contributed by atoms with Crippen LogP contribution in [0.5, 0.6) is 0 Å². The second-order valence-corrected chi connectivity index (χ2v) is 5.62. The minimum atomic E-state index is 0. The van der Waals surface area contributed by atoms with E-state index in [1.165, 1.54) is 16.5 Å². The van der Waals surface area contributed by atoms with E-state index in [9.17, 15) is 4.79 Å². The molecular weight excluding hydrogens is 296 g/mol. The summed E-state index contributed by atoms with van der Waals surface area (Å²) < 4.78 is 0. The van der Waals surface area contributed by atoms with Crippen molar-refractivity contribution in [2.75, 3.05) is 19.6 Å². The molecule has 0 heterocycles. The molecule has 0 spiro atoms. The molecule has 1 amide bonds. The van der Waals surface area contributed by atoms with Gasteiger partial charge in [-0.1, -0.05) is 31.2 Å². The Morgan fingerprint density at radius 1 is 1.05 bits per heavy atom. The Bertz CT molecular complexity index is 659. The minimum Gasteiger partial charge on any atom is -0.351 e. The Labute approximate surface area is 137 Å². The average molecular weight is 319 g/mol. The van der Waals surface area contributed by atoms with Crippen molar-refractivity contribution in [3.8, 4) is 0 Å². The van der Waals surface area contributed by atoms with E-state index >= 15 is 0 Å². The largest absolute Gasteiger partial charge is 0.351 e. The second-order valence-electron chi connectivity index (χ2n) is 5.62. The smallest absolute Gasteiger partial charge is 0.251 e. The molecule has 0 aliphatic heterocycles. The number of halogens is 1. The predicted octanol–water partition coefficient (Wildman–Crippen LogP) is 3.09. The van der Waals surface area contributed by atoms with Gasteiger partial charge >= 0.3 is 0 Å². The monoisotopic (exact) mass is 318 g/mol. The van der Waals surface area contributed by atoms with Gasteiger partial charge in [0.2, 0.25) is 0 Å². The van der Waals surface area contributed by atoms with Gasteiger partial charge in [0.15, 0.2) is 0 Å². The Kier molecular flexibility index (Phi) is 5.81. The van der Waals surface area contributed by atoms with Gasteiger partial charge in [-0.05, 0) is 53.8 Å². The third kappa shape index (κ3) is 3.26. The predicted molar refractivity (Wildman–Crippen MR) is 94.1 cm³/mol. The first-order chi connectivity index (χ1) is 10.3. The molecule has 1 aliphatic rings. The van der Waals surface area contributed by atoms with Crippen LogP contribution in [0.25, 0.3) is 10.8 Å². The average Bonchev–Trinajstić information content (AvgIpc) is 2.93. The van der Waals surface area contributed by atoms with Gasteiger partial charge in [0.25, 0.3) is 5.91 Å². The van der Waals surface area contributed by atoms with Crippen molar-refractivity contribution in [3.05, 3.63) is 47.0 Å². The summed E-state index contributed by atoms with van der Waals surface area (Å²) in [6.45, 7) is 4.62. The van der Waals surface area contributed by atoms with E-state index in [1.807, 2.05) is 6.07 Å². The SMILES string of the molecule is CCCNCCNC(=O)c1ccc2c3c(cccc13)CC2.Cl. The van der Waals surface area contributed by atoms with E-state index in [1.54, 1.807) is 0 Å². The summed E-state index contributed by atoms with van der Waals surface area (Å²) in [5.41, 5.74) is 3.55. The molecule has 0 unspecified atom stereocenters. The van der Waals surface area contributed by atoms with E-state index in [2.05, 4.69) is 41.8 Å². The highest BCUT2D eigenvalue weighted by Gasteiger charge is 2.18. The van der Waals surface area contributed by atoms with Gasteiger partial charge in [-0.2, -0.15) is 0 Å². The molecule has 0 radical (unpaired) electrons. The van der Waals surface area contributed by atoms with Gasteiger partial charge in [-0.3, -0.25) is 4.79 Å². The van der Waals surface area contributed by atoms with E-state index in [0.717, 1.165) is 43.3 Å². The van der Waals surface area contributed by atoms with E-state index in [4.69, 9.17) is 0 Å². The van der Waals surface area contributed by atoms with E-state index in [-0.39, 0.29) is 18.3 Å². The first-order valence-electron chi connectivity index (χ1n) is 7.83. The van der Waals surface area contributed by atoms with Crippen LogP contribution in [0.15, 0.2) is 30.3 Å². The first-order valence-corrected chi connectivity index (χ1v) is 7.83. The fraction of sp³-hybridized carbons (Fsp3) is 0.389. The lowest BCUT2D eigenvalue weighted by Gasteiger charge is -2.10. The molecule has 3 nitrogen and oxygen atoms in total. The fourth-order valence-electron chi connectivity index (χ4n) is 3.11. The highest BCUT2D eigenvalue weighted by Crippen LogP contribution is 2.32. The number of nitrogens with one attached hydrogen (secondary N) is 2. The summed E-state index contributed by atoms with van der Waals surface area (Å²) in [5.74, 6) is 0.0314. The molecular formula is C18H23ClN2O. The second kappa shape index (κ2) is 7.61. The molecule has 2 aromatic rings. The molecule has 118 valence electrons. The molecule has 0 saturated heterocycles. The molecule has 3 rings (SSSR count). The lowest BCUT2D eigenvalue weighted by molar-refractivity contribution is 0.0955. The number of hydrogen-bond acceptors (Lipinski definition) is 2. The quantitative estimate of drug-likeness (QED) is 0.804. The summed E-state index contributed by atoms with van der Waals surface area (Å²) in [5, 5.41) is 8.70. The summed E-state index contributed by atoms with van der Waals surface area (Å²) in [4.78, 5) is 12.4. The van der Waals surface area contributed by atoms with Gasteiger partial charge in [-0.15, -0.1) is 12.4 Å². The number of aryl methyl sites for hydroxylation is 2. The summed E-state index contributed by atoms with van der Waals surface area (Å²) >= 11 is 0. The maximum absolute atomic E-state index is 12.4. The molecule has 22 heavy (non-hydrogen) atoms. The van der Waals surface area contributed by atoms with Crippen molar-refractivity contribution in [1.29, 1.82) is 0 Å². The third-order valence-corrected chi connectivity index (χ3v) is 4.14. The van der Waals surface area contributed by atoms with Crippen LogP contribution >= 0.6 is 12.4 Å². The van der Waals surface area contributed by atoms with Crippen LogP contribution in [0.3, 0.4) is 0 Å². The third-order valence-electron chi connectivity index (χ3n) is 4.14. The molecule has 0 aromatic heterocycles. The molecule has 0 fully saturated rings. The van der Waals surface area contributed by atoms with Gasteiger partial charge in [0, 0.05) is 18.7 Å². The number of carbonyl (C=O) groups is 1. The number of rotatable bonds is 6. The summed E-state index contributed by atoms with van der Waals surface area (Å²) in [6.07, 6.45) is 3.31. The molecule has 0 atom stereocenters. The zero-order chi connectivity index (χ0) is 14.7. The zero-order valence-corrected chi connectivity index (χ0v) is 13.8. The minimum absolute atomic E-state index is 0. The van der Waals surface area contributed by atoms with Crippen molar-refractivity contribution in [2.45, 2.75) is 26.2 Å². The number of hydrogen-bond donors (Lipinski definition) is 2. The Balaban J connectivity index is 0.00000176. The van der Waals surface area contributed by atoms with Crippen molar-refractivity contribution in [3.63, 3.8) is 0 Å². The van der Waals surface area contributed by atoms with Gasteiger partial charge in [0.1, 0.15) is 0 Å². The highest BCUT2D eigenvalue weighted by molar-refractivity contribution is 6.09. The van der Waals surface area contributed by atoms with Gasteiger partial charge in [0.05, 0.1) is 0 Å². The normalized spacial score (nSPS) is 12.2. The highest BCUT2D eigenvalue weighted by atomic mass is 35.5. The Morgan fingerprint density at radius 2 is 1.82 bits per heavy atom. The number of benzene rings is 2. The Morgan fingerprint density at radius 3 is 2.59 bits per heavy atom. The van der Waals surface area contributed by atoms with Crippen LogP contribution in [-0.2, 0) is 12.8 Å². The van der Waals surface area contributed by atoms with Crippen molar-refractivity contribution >= 4 is 29.1 Å². The van der Waals surface area contributed by atoms with E-state index in [0.29, 0.717) is 6.54 Å². The van der Waals surface area contributed by atoms with Crippen molar-refractivity contribution in [1.82, 2.24) is 10.6 Å². The van der Waals surface area contributed by atoms with Crippen LogP contribution < -0.4 is 10.6 Å². The van der Waals surface area contributed by atoms with Crippen LogP contribution in [0.4, 0.5) is 0 Å². The summed E-state index contributed by atoms with van der Waals surface area (Å²) in [6, 6.07) is 10.4. The van der Waals surface area contributed by atoms with Crippen LogP contribution in [-0.4, -0.2) is 25.5 Å². The van der Waals surface area contributed by atoms with Gasteiger partial charge in [-0.25, -0.2) is 0 Å². The van der Waals surface area contributed by atoms with Crippen LogP contribution in [0.1, 0.15) is 34.8 Å². The molecule has 2 N–H and O–H groups in total. The van der Waals surface area contributed by atoms with Crippen LogP contribution in [0, 0.1) is 0 Å². The number of amides is 1. The van der Waals surface area contributed by atoms with Crippen molar-refractivity contribution in [2.24, 2.45) is 0 Å².